The van der Waals surface area contributed by atoms with Gasteiger partial charge in [-0.2, -0.15) is 0 Å². The zero-order valence-corrected chi connectivity index (χ0v) is 17.8. The summed E-state index contributed by atoms with van der Waals surface area (Å²) in [5.41, 5.74) is 3.47. The lowest BCUT2D eigenvalue weighted by Gasteiger charge is -2.27. The predicted octanol–water partition coefficient (Wildman–Crippen LogP) is 2.26. The van der Waals surface area contributed by atoms with Crippen LogP contribution in [0.3, 0.4) is 0 Å². The van der Waals surface area contributed by atoms with E-state index in [1.807, 2.05) is 26.0 Å². The maximum absolute atomic E-state index is 12.9. The number of carbonyl (C=O) groups is 2. The van der Waals surface area contributed by atoms with E-state index in [2.05, 4.69) is 4.72 Å². The molecule has 1 N–H and O–H groups in total. The van der Waals surface area contributed by atoms with Gasteiger partial charge in [0.1, 0.15) is 4.21 Å². The first kappa shape index (κ1) is 20.5. The third-order valence-electron chi connectivity index (χ3n) is 4.97. The van der Waals surface area contributed by atoms with E-state index in [0.29, 0.717) is 29.0 Å². The van der Waals surface area contributed by atoms with Gasteiger partial charge in [-0.1, -0.05) is 6.07 Å². The minimum Gasteiger partial charge on any atom is -0.465 e. The molecule has 0 unspecified atom stereocenters. The number of rotatable bonds is 4. The molecular formula is C19H22N2O5S2. The highest BCUT2D eigenvalue weighted by molar-refractivity contribution is 7.91. The third-order valence-corrected chi connectivity index (χ3v) is 8.12. The van der Waals surface area contributed by atoms with Crippen molar-refractivity contribution in [3.63, 3.8) is 0 Å². The smallest absolute Gasteiger partial charge is 0.340 e. The van der Waals surface area contributed by atoms with Crippen LogP contribution in [0.25, 0.3) is 0 Å². The Balaban J connectivity index is 1.98. The number of ether oxygens (including phenoxy) is 1. The standard InChI is InChI=1S/C19H22N2O5S2/c1-11-5-6-13(9-12(11)2)17(22)21-8-7-14-15(10-21)27-19(28(24,25)20-3)16(14)18(23)26-4/h5-6,9,20H,7-8,10H2,1-4H3. The van der Waals surface area contributed by atoms with E-state index < -0.39 is 16.0 Å². The van der Waals surface area contributed by atoms with Gasteiger partial charge in [0.25, 0.3) is 15.9 Å². The monoisotopic (exact) mass is 422 g/mol. The van der Waals surface area contributed by atoms with Crippen molar-refractivity contribution in [3.8, 4) is 0 Å². The van der Waals surface area contributed by atoms with Gasteiger partial charge < -0.3 is 9.64 Å². The Morgan fingerprint density at radius 3 is 2.54 bits per heavy atom. The van der Waals surface area contributed by atoms with Crippen molar-refractivity contribution in [2.45, 2.75) is 31.0 Å². The van der Waals surface area contributed by atoms with Gasteiger partial charge in [0.05, 0.1) is 19.2 Å². The highest BCUT2D eigenvalue weighted by atomic mass is 32.2. The van der Waals surface area contributed by atoms with E-state index in [4.69, 9.17) is 4.74 Å². The largest absolute Gasteiger partial charge is 0.465 e. The Morgan fingerprint density at radius 2 is 1.93 bits per heavy atom. The minimum atomic E-state index is -3.81. The fraction of sp³-hybridized carbons (Fsp3) is 0.368. The van der Waals surface area contributed by atoms with Gasteiger partial charge in [-0.15, -0.1) is 11.3 Å². The average Bonchev–Trinajstić information content (AvgIpc) is 3.08. The third kappa shape index (κ3) is 3.57. The number of methoxy groups -OCH3 is 1. The van der Waals surface area contributed by atoms with Crippen LogP contribution in [0.5, 0.6) is 0 Å². The molecule has 1 aromatic carbocycles. The summed E-state index contributed by atoms with van der Waals surface area (Å²) in [4.78, 5) is 27.5. The van der Waals surface area contributed by atoms with Gasteiger partial charge >= 0.3 is 5.97 Å². The van der Waals surface area contributed by atoms with Crippen LogP contribution in [-0.2, 0) is 27.7 Å². The summed E-state index contributed by atoms with van der Waals surface area (Å²) in [6.07, 6.45) is 0.395. The molecule has 0 aliphatic carbocycles. The quantitative estimate of drug-likeness (QED) is 0.763. The number of hydrogen-bond acceptors (Lipinski definition) is 6. The van der Waals surface area contributed by atoms with Crippen LogP contribution in [-0.4, -0.2) is 45.9 Å². The summed E-state index contributed by atoms with van der Waals surface area (Å²) in [5, 5.41) is 0. The highest BCUT2D eigenvalue weighted by Crippen LogP contribution is 2.36. The number of carbonyl (C=O) groups excluding carboxylic acids is 2. The SMILES string of the molecule is CNS(=O)(=O)c1sc2c(c1C(=O)OC)CCN(C(=O)c1ccc(C)c(C)c1)C2. The summed E-state index contributed by atoms with van der Waals surface area (Å²) in [6, 6.07) is 5.57. The molecule has 150 valence electrons. The summed E-state index contributed by atoms with van der Waals surface area (Å²) in [5.74, 6) is -0.792. The molecule has 1 aromatic heterocycles. The number of amides is 1. The molecule has 3 rings (SSSR count). The van der Waals surface area contributed by atoms with Crippen molar-refractivity contribution in [2.24, 2.45) is 0 Å². The number of benzene rings is 1. The topological polar surface area (TPSA) is 92.8 Å². The highest BCUT2D eigenvalue weighted by Gasteiger charge is 2.34. The second kappa shape index (κ2) is 7.65. The fourth-order valence-electron chi connectivity index (χ4n) is 3.20. The summed E-state index contributed by atoms with van der Waals surface area (Å²) >= 11 is 1.01. The van der Waals surface area contributed by atoms with E-state index in [1.165, 1.54) is 14.2 Å². The summed E-state index contributed by atoms with van der Waals surface area (Å²) in [7, 11) is -1.30. The van der Waals surface area contributed by atoms with E-state index in [1.54, 1.807) is 11.0 Å². The zero-order valence-electron chi connectivity index (χ0n) is 16.2. The van der Waals surface area contributed by atoms with Crippen molar-refractivity contribution in [1.82, 2.24) is 9.62 Å². The van der Waals surface area contributed by atoms with E-state index >= 15 is 0 Å². The number of sulfonamides is 1. The van der Waals surface area contributed by atoms with Crippen molar-refractivity contribution in [3.05, 3.63) is 50.9 Å². The van der Waals surface area contributed by atoms with Crippen molar-refractivity contribution >= 4 is 33.2 Å². The number of esters is 1. The second-order valence-electron chi connectivity index (χ2n) is 6.64. The molecule has 0 spiro atoms. The molecule has 0 saturated heterocycles. The molecule has 1 amide bonds. The first-order valence-electron chi connectivity index (χ1n) is 8.72. The fourth-order valence-corrected chi connectivity index (χ4v) is 5.93. The molecule has 2 aromatic rings. The molecule has 2 heterocycles. The number of aryl methyl sites for hydroxylation is 2. The number of hydrogen-bond donors (Lipinski definition) is 1. The minimum absolute atomic E-state index is 0.0627. The molecule has 9 heteroatoms. The Morgan fingerprint density at radius 1 is 1.21 bits per heavy atom. The first-order chi connectivity index (χ1) is 13.2. The van der Waals surface area contributed by atoms with Gasteiger partial charge in [0.15, 0.2) is 0 Å². The molecule has 1 aliphatic heterocycles. The number of nitrogens with zero attached hydrogens (tertiary/aromatic N) is 1. The molecular weight excluding hydrogens is 400 g/mol. The maximum atomic E-state index is 12.9. The average molecular weight is 423 g/mol. The Labute approximate surface area is 168 Å². The number of fused-ring (bicyclic) bond motifs is 1. The van der Waals surface area contributed by atoms with Gasteiger partial charge in [-0.25, -0.2) is 17.9 Å². The lowest BCUT2D eigenvalue weighted by Crippen LogP contribution is -2.35. The van der Waals surface area contributed by atoms with E-state index in [-0.39, 0.29) is 22.2 Å². The molecule has 0 bridgehead atoms. The molecule has 1 aliphatic rings. The summed E-state index contributed by atoms with van der Waals surface area (Å²) < 4.78 is 31.7. The Hall–Kier alpha value is -2.23. The van der Waals surface area contributed by atoms with Crippen molar-refractivity contribution < 1.29 is 22.7 Å². The second-order valence-corrected chi connectivity index (χ2v) is 9.83. The molecule has 0 atom stereocenters. The first-order valence-corrected chi connectivity index (χ1v) is 11.0. The molecule has 7 nitrogen and oxygen atoms in total. The van der Waals surface area contributed by atoms with Crippen LogP contribution in [0.2, 0.25) is 0 Å². The number of thiophene rings is 1. The Kier molecular flexibility index (Phi) is 5.60. The van der Waals surface area contributed by atoms with Gasteiger partial charge in [0, 0.05) is 17.0 Å². The normalized spacial score (nSPS) is 13.9. The Bertz CT molecular complexity index is 1060. The van der Waals surface area contributed by atoms with Crippen LogP contribution in [0.15, 0.2) is 22.4 Å². The van der Waals surface area contributed by atoms with Gasteiger partial charge in [-0.3, -0.25) is 4.79 Å². The molecule has 28 heavy (non-hydrogen) atoms. The van der Waals surface area contributed by atoms with Crippen LogP contribution in [0, 0.1) is 13.8 Å². The van der Waals surface area contributed by atoms with Crippen molar-refractivity contribution in [1.29, 1.82) is 0 Å². The van der Waals surface area contributed by atoms with Crippen LogP contribution in [0.4, 0.5) is 0 Å². The zero-order chi connectivity index (χ0) is 20.6. The molecule has 0 fully saturated rings. The van der Waals surface area contributed by atoms with E-state index in [9.17, 15) is 18.0 Å². The number of nitrogens with one attached hydrogen (secondary N) is 1. The predicted molar refractivity (Wildman–Crippen MR) is 106 cm³/mol. The summed E-state index contributed by atoms with van der Waals surface area (Å²) in [6.45, 7) is 4.60. The van der Waals surface area contributed by atoms with Crippen LogP contribution < -0.4 is 4.72 Å². The lowest BCUT2D eigenvalue weighted by atomic mass is 10.0. The lowest BCUT2D eigenvalue weighted by molar-refractivity contribution is 0.0595. The maximum Gasteiger partial charge on any atom is 0.340 e. The van der Waals surface area contributed by atoms with Crippen molar-refractivity contribution in [2.75, 3.05) is 20.7 Å². The van der Waals surface area contributed by atoms with E-state index in [0.717, 1.165) is 22.5 Å². The molecule has 0 radical (unpaired) electrons. The van der Waals surface area contributed by atoms with Crippen LogP contribution in [0.1, 0.15) is 42.3 Å². The van der Waals surface area contributed by atoms with Gasteiger partial charge in [0.2, 0.25) is 0 Å². The van der Waals surface area contributed by atoms with Crippen LogP contribution >= 0.6 is 11.3 Å². The van der Waals surface area contributed by atoms with Gasteiger partial charge in [-0.05, 0) is 56.1 Å². The molecule has 0 saturated carbocycles.